The molecule has 1 aliphatic rings. The number of hydrogen-bond acceptors (Lipinski definition) is 2. The largest absolute Gasteiger partial charge is 0.391 e. The van der Waals surface area contributed by atoms with Crippen molar-refractivity contribution in [2.24, 2.45) is 7.05 Å². The van der Waals surface area contributed by atoms with E-state index in [0.717, 1.165) is 36.6 Å². The number of rotatable bonds is 2. The zero-order valence-electron chi connectivity index (χ0n) is 11.7. The van der Waals surface area contributed by atoms with E-state index in [1.807, 2.05) is 41.9 Å². The molecule has 106 valence electrons. The highest BCUT2D eigenvalue weighted by molar-refractivity contribution is 5.98. The SMILES string of the molecule is Cn1c(C(=O)NC2CCCCC2O)cc2ccccc21. The third-order valence-electron chi connectivity index (χ3n) is 4.23. The predicted octanol–water partition coefficient (Wildman–Crippen LogP) is 2.21. The number of aromatic nitrogens is 1. The zero-order valence-corrected chi connectivity index (χ0v) is 11.7. The summed E-state index contributed by atoms with van der Waals surface area (Å²) in [7, 11) is 1.90. The summed E-state index contributed by atoms with van der Waals surface area (Å²) < 4.78 is 1.90. The van der Waals surface area contributed by atoms with Gasteiger partial charge in [0.15, 0.2) is 0 Å². The van der Waals surface area contributed by atoms with Gasteiger partial charge in [-0.1, -0.05) is 31.0 Å². The fourth-order valence-electron chi connectivity index (χ4n) is 3.03. The number of aliphatic hydroxyl groups excluding tert-OH is 1. The lowest BCUT2D eigenvalue weighted by Crippen LogP contribution is -2.45. The van der Waals surface area contributed by atoms with Gasteiger partial charge in [-0.3, -0.25) is 4.79 Å². The first-order valence-corrected chi connectivity index (χ1v) is 7.20. The molecule has 1 saturated carbocycles. The normalized spacial score (nSPS) is 22.9. The smallest absolute Gasteiger partial charge is 0.268 e. The first-order valence-electron chi connectivity index (χ1n) is 7.20. The van der Waals surface area contributed by atoms with Crippen LogP contribution in [0.15, 0.2) is 30.3 Å². The fraction of sp³-hybridized carbons (Fsp3) is 0.438. The van der Waals surface area contributed by atoms with E-state index in [0.29, 0.717) is 5.69 Å². The second kappa shape index (κ2) is 5.29. The second-order valence-corrected chi connectivity index (χ2v) is 5.58. The lowest BCUT2D eigenvalue weighted by atomic mass is 9.92. The quantitative estimate of drug-likeness (QED) is 0.880. The van der Waals surface area contributed by atoms with Crippen LogP contribution in [0.5, 0.6) is 0 Å². The second-order valence-electron chi connectivity index (χ2n) is 5.58. The Kier molecular flexibility index (Phi) is 3.49. The van der Waals surface area contributed by atoms with Crippen molar-refractivity contribution >= 4 is 16.8 Å². The Labute approximate surface area is 118 Å². The maximum Gasteiger partial charge on any atom is 0.268 e. The molecule has 4 heteroatoms. The van der Waals surface area contributed by atoms with Crippen LogP contribution in [0.2, 0.25) is 0 Å². The van der Waals surface area contributed by atoms with Gasteiger partial charge in [0, 0.05) is 18.0 Å². The van der Waals surface area contributed by atoms with E-state index >= 15 is 0 Å². The Morgan fingerprint density at radius 2 is 2.05 bits per heavy atom. The molecule has 0 bridgehead atoms. The molecule has 0 radical (unpaired) electrons. The van der Waals surface area contributed by atoms with Crippen molar-refractivity contribution < 1.29 is 9.90 Å². The Hall–Kier alpha value is -1.81. The van der Waals surface area contributed by atoms with Crippen molar-refractivity contribution in [3.05, 3.63) is 36.0 Å². The summed E-state index contributed by atoms with van der Waals surface area (Å²) in [4.78, 5) is 12.4. The molecular weight excluding hydrogens is 252 g/mol. The topological polar surface area (TPSA) is 54.3 Å². The number of amides is 1. The number of carbonyl (C=O) groups is 1. The number of benzene rings is 1. The van der Waals surface area contributed by atoms with Crippen LogP contribution in [0.1, 0.15) is 36.2 Å². The average molecular weight is 272 g/mol. The van der Waals surface area contributed by atoms with Crippen LogP contribution in [-0.4, -0.2) is 27.7 Å². The summed E-state index contributed by atoms with van der Waals surface area (Å²) in [5, 5.41) is 14.0. The number of aliphatic hydroxyl groups is 1. The highest BCUT2D eigenvalue weighted by Crippen LogP contribution is 2.21. The van der Waals surface area contributed by atoms with Crippen molar-refractivity contribution in [3.63, 3.8) is 0 Å². The van der Waals surface area contributed by atoms with Crippen molar-refractivity contribution in [1.29, 1.82) is 0 Å². The molecule has 4 nitrogen and oxygen atoms in total. The summed E-state index contributed by atoms with van der Waals surface area (Å²) in [6.07, 6.45) is 3.33. The molecule has 0 aliphatic heterocycles. The number of fused-ring (bicyclic) bond motifs is 1. The minimum atomic E-state index is -0.414. The standard InChI is InChI=1S/C16H20N2O2/c1-18-13-8-4-2-6-11(13)10-14(18)16(20)17-12-7-3-5-9-15(12)19/h2,4,6,8,10,12,15,19H,3,5,7,9H2,1H3,(H,17,20). The van der Waals surface area contributed by atoms with Crippen LogP contribution in [0.25, 0.3) is 10.9 Å². The van der Waals surface area contributed by atoms with Gasteiger partial charge in [0.1, 0.15) is 5.69 Å². The number of para-hydroxylation sites is 1. The van der Waals surface area contributed by atoms with Gasteiger partial charge >= 0.3 is 0 Å². The molecule has 0 saturated heterocycles. The molecule has 2 unspecified atom stereocenters. The molecule has 0 spiro atoms. The molecule has 2 N–H and O–H groups in total. The molecule has 2 atom stereocenters. The molecule has 1 aromatic heterocycles. The number of nitrogens with one attached hydrogen (secondary N) is 1. The first-order chi connectivity index (χ1) is 9.66. The Bertz CT molecular complexity index is 632. The van der Waals surface area contributed by atoms with E-state index in [1.54, 1.807) is 0 Å². The van der Waals surface area contributed by atoms with E-state index in [-0.39, 0.29) is 11.9 Å². The molecule has 1 aromatic carbocycles. The predicted molar refractivity (Wildman–Crippen MR) is 78.6 cm³/mol. The van der Waals surface area contributed by atoms with Crippen LogP contribution in [0, 0.1) is 0 Å². The van der Waals surface area contributed by atoms with Crippen LogP contribution < -0.4 is 5.32 Å². The third-order valence-corrected chi connectivity index (χ3v) is 4.23. The van der Waals surface area contributed by atoms with Gasteiger partial charge < -0.3 is 15.0 Å². The molecular formula is C16H20N2O2. The van der Waals surface area contributed by atoms with Crippen molar-refractivity contribution in [2.45, 2.75) is 37.8 Å². The maximum atomic E-state index is 12.4. The van der Waals surface area contributed by atoms with Gasteiger partial charge in [-0.05, 0) is 25.0 Å². The monoisotopic (exact) mass is 272 g/mol. The summed E-state index contributed by atoms with van der Waals surface area (Å²) in [5.74, 6) is -0.102. The number of carbonyl (C=O) groups excluding carboxylic acids is 1. The van der Waals surface area contributed by atoms with Gasteiger partial charge in [0.2, 0.25) is 0 Å². The van der Waals surface area contributed by atoms with Gasteiger partial charge in [0.05, 0.1) is 12.1 Å². The van der Waals surface area contributed by atoms with Crippen LogP contribution >= 0.6 is 0 Å². The highest BCUT2D eigenvalue weighted by Gasteiger charge is 2.25. The van der Waals surface area contributed by atoms with Crippen molar-refractivity contribution in [1.82, 2.24) is 9.88 Å². The van der Waals surface area contributed by atoms with Crippen LogP contribution in [-0.2, 0) is 7.05 Å². The van der Waals surface area contributed by atoms with E-state index in [9.17, 15) is 9.90 Å². The number of aryl methyl sites for hydroxylation is 1. The lowest BCUT2D eigenvalue weighted by Gasteiger charge is -2.28. The third kappa shape index (κ3) is 2.31. The summed E-state index contributed by atoms with van der Waals surface area (Å²) in [6, 6.07) is 9.72. The molecule has 1 heterocycles. The lowest BCUT2D eigenvalue weighted by molar-refractivity contribution is 0.0712. The van der Waals surface area contributed by atoms with Crippen LogP contribution in [0.3, 0.4) is 0 Å². The maximum absolute atomic E-state index is 12.4. The van der Waals surface area contributed by atoms with E-state index < -0.39 is 6.10 Å². The molecule has 3 rings (SSSR count). The van der Waals surface area contributed by atoms with E-state index in [4.69, 9.17) is 0 Å². The Morgan fingerprint density at radius 1 is 1.30 bits per heavy atom. The van der Waals surface area contributed by atoms with Gasteiger partial charge in [-0.2, -0.15) is 0 Å². The Balaban J connectivity index is 1.83. The first kappa shape index (κ1) is 13.2. The van der Waals surface area contributed by atoms with Gasteiger partial charge in [-0.15, -0.1) is 0 Å². The van der Waals surface area contributed by atoms with Crippen LogP contribution in [0.4, 0.5) is 0 Å². The van der Waals surface area contributed by atoms with Crippen molar-refractivity contribution in [2.75, 3.05) is 0 Å². The molecule has 20 heavy (non-hydrogen) atoms. The Morgan fingerprint density at radius 3 is 2.80 bits per heavy atom. The highest BCUT2D eigenvalue weighted by atomic mass is 16.3. The van der Waals surface area contributed by atoms with Gasteiger partial charge in [0.25, 0.3) is 5.91 Å². The minimum absolute atomic E-state index is 0.102. The van der Waals surface area contributed by atoms with E-state index in [2.05, 4.69) is 5.32 Å². The molecule has 1 fully saturated rings. The van der Waals surface area contributed by atoms with Crippen molar-refractivity contribution in [3.8, 4) is 0 Å². The summed E-state index contributed by atoms with van der Waals surface area (Å²) in [5.41, 5.74) is 1.69. The fourth-order valence-corrected chi connectivity index (χ4v) is 3.03. The van der Waals surface area contributed by atoms with E-state index in [1.165, 1.54) is 0 Å². The van der Waals surface area contributed by atoms with Gasteiger partial charge in [-0.25, -0.2) is 0 Å². The molecule has 1 amide bonds. The number of hydrogen-bond donors (Lipinski definition) is 2. The summed E-state index contributed by atoms with van der Waals surface area (Å²) in [6.45, 7) is 0. The molecule has 1 aliphatic carbocycles. The molecule has 2 aromatic rings. The minimum Gasteiger partial charge on any atom is -0.391 e. The number of nitrogens with zero attached hydrogens (tertiary/aromatic N) is 1. The summed E-state index contributed by atoms with van der Waals surface area (Å²) >= 11 is 0. The average Bonchev–Trinajstić information content (AvgIpc) is 2.79. The zero-order chi connectivity index (χ0) is 14.1.